The van der Waals surface area contributed by atoms with Crippen molar-refractivity contribution in [2.75, 3.05) is 11.9 Å². The van der Waals surface area contributed by atoms with Gasteiger partial charge in [0.05, 0.1) is 5.69 Å². The molecule has 0 bridgehead atoms. The van der Waals surface area contributed by atoms with E-state index in [1.165, 1.54) is 16.9 Å². The van der Waals surface area contributed by atoms with E-state index in [2.05, 4.69) is 37.0 Å². The molecule has 0 radical (unpaired) electrons. The minimum atomic E-state index is -0.866. The molecule has 2 aromatic rings. The van der Waals surface area contributed by atoms with Crippen LogP contribution in [-0.2, 0) is 0 Å². The lowest BCUT2D eigenvalue weighted by Crippen LogP contribution is -2.10. The van der Waals surface area contributed by atoms with E-state index in [4.69, 9.17) is 0 Å². The Morgan fingerprint density at radius 1 is 1.38 bits per heavy atom. The second-order valence-electron chi connectivity index (χ2n) is 5.64. The van der Waals surface area contributed by atoms with Crippen molar-refractivity contribution in [3.63, 3.8) is 0 Å². The Hall–Kier alpha value is -1.88. The highest BCUT2D eigenvalue weighted by Gasteiger charge is 2.32. The molecule has 0 unspecified atom stereocenters. The summed E-state index contributed by atoms with van der Waals surface area (Å²) in [5.41, 5.74) is 4.21. The summed E-state index contributed by atoms with van der Waals surface area (Å²) in [5.74, 6) is -0.525. The lowest BCUT2D eigenvalue weighted by atomic mass is 10.1. The summed E-state index contributed by atoms with van der Waals surface area (Å²) >= 11 is 1.27. The van der Waals surface area contributed by atoms with Crippen molar-refractivity contribution in [1.82, 2.24) is 4.98 Å². The molecule has 0 spiro atoms. The first-order chi connectivity index (χ1) is 9.97. The van der Waals surface area contributed by atoms with E-state index in [-0.39, 0.29) is 0 Å². The fourth-order valence-corrected chi connectivity index (χ4v) is 3.50. The monoisotopic (exact) mass is 302 g/mol. The van der Waals surface area contributed by atoms with Crippen LogP contribution in [0.4, 0.5) is 10.8 Å². The topological polar surface area (TPSA) is 53.4 Å². The summed E-state index contributed by atoms with van der Waals surface area (Å²) in [7, 11) is 1.94. The van der Waals surface area contributed by atoms with E-state index in [1.807, 2.05) is 11.9 Å². The van der Waals surface area contributed by atoms with Gasteiger partial charge in [-0.1, -0.05) is 29.0 Å². The van der Waals surface area contributed by atoms with Crippen LogP contribution in [0.3, 0.4) is 0 Å². The van der Waals surface area contributed by atoms with Gasteiger partial charge in [-0.25, -0.2) is 9.78 Å². The molecule has 5 heteroatoms. The Morgan fingerprint density at radius 2 is 2.10 bits per heavy atom. The number of hydrogen-bond acceptors (Lipinski definition) is 4. The number of carboxylic acids is 1. The highest BCUT2D eigenvalue weighted by molar-refractivity contribution is 7.17. The molecule has 0 atom stereocenters. The molecule has 21 heavy (non-hydrogen) atoms. The van der Waals surface area contributed by atoms with Gasteiger partial charge in [0.1, 0.15) is 4.88 Å². The number of nitrogens with zero attached hydrogens (tertiary/aromatic N) is 2. The fraction of sp³-hybridized carbons (Fsp3) is 0.375. The van der Waals surface area contributed by atoms with Crippen molar-refractivity contribution in [3.8, 4) is 0 Å². The van der Waals surface area contributed by atoms with Crippen LogP contribution in [0.25, 0.3) is 0 Å². The van der Waals surface area contributed by atoms with Crippen molar-refractivity contribution in [2.24, 2.45) is 0 Å². The number of thiazole rings is 1. The summed E-state index contributed by atoms with van der Waals surface area (Å²) in [6.07, 6.45) is 2.10. The number of carboxylic acid groups (broad SMARTS) is 1. The Bertz CT molecular complexity index is 704. The molecule has 1 fully saturated rings. The van der Waals surface area contributed by atoms with E-state index in [9.17, 15) is 9.90 Å². The quantitative estimate of drug-likeness (QED) is 0.923. The first kappa shape index (κ1) is 14.1. The van der Waals surface area contributed by atoms with Crippen molar-refractivity contribution >= 4 is 28.1 Å². The second-order valence-corrected chi connectivity index (χ2v) is 6.62. The number of carbonyl (C=O) groups is 1. The van der Waals surface area contributed by atoms with E-state index < -0.39 is 5.97 Å². The third-order valence-corrected chi connectivity index (χ3v) is 4.94. The molecular weight excluding hydrogens is 284 g/mol. The van der Waals surface area contributed by atoms with Crippen LogP contribution in [0.5, 0.6) is 0 Å². The number of anilines is 2. The van der Waals surface area contributed by atoms with E-state index >= 15 is 0 Å². The molecule has 0 aliphatic heterocycles. The zero-order valence-electron chi connectivity index (χ0n) is 12.4. The van der Waals surface area contributed by atoms with Gasteiger partial charge in [-0.05, 0) is 38.3 Å². The molecule has 1 aromatic carbocycles. The predicted octanol–water partition coefficient (Wildman–Crippen LogP) is 4.10. The average Bonchev–Trinajstić information content (AvgIpc) is 3.16. The molecule has 1 saturated carbocycles. The molecular formula is C16H18N2O2S. The van der Waals surface area contributed by atoms with Crippen LogP contribution >= 0.6 is 11.3 Å². The number of benzene rings is 1. The van der Waals surface area contributed by atoms with Gasteiger partial charge in [0.15, 0.2) is 5.13 Å². The maximum atomic E-state index is 11.4. The summed E-state index contributed by atoms with van der Waals surface area (Å²) < 4.78 is 0. The van der Waals surface area contributed by atoms with Gasteiger partial charge in [-0.15, -0.1) is 0 Å². The molecule has 1 N–H and O–H groups in total. The standard InChI is InChI=1S/C16H18N2O2S/c1-9-4-7-12(10(2)8-9)18(3)16-17-13(11-5-6-11)14(21-16)15(19)20/h4,7-8,11H,5-6H2,1-3H3,(H,19,20). The van der Waals surface area contributed by atoms with Crippen molar-refractivity contribution in [2.45, 2.75) is 32.6 Å². The number of aromatic nitrogens is 1. The molecule has 4 nitrogen and oxygen atoms in total. The summed E-state index contributed by atoms with van der Waals surface area (Å²) in [6.45, 7) is 4.13. The number of aromatic carboxylic acids is 1. The average molecular weight is 302 g/mol. The SMILES string of the molecule is Cc1ccc(N(C)c2nc(C3CC3)c(C(=O)O)s2)c(C)c1. The zero-order valence-corrected chi connectivity index (χ0v) is 13.2. The van der Waals surface area contributed by atoms with Crippen molar-refractivity contribution in [1.29, 1.82) is 0 Å². The predicted molar refractivity (Wildman–Crippen MR) is 85.0 cm³/mol. The summed E-state index contributed by atoms with van der Waals surface area (Å²) in [4.78, 5) is 18.4. The van der Waals surface area contributed by atoms with Crippen LogP contribution < -0.4 is 4.90 Å². The van der Waals surface area contributed by atoms with Crippen LogP contribution in [-0.4, -0.2) is 23.1 Å². The molecule has 1 aliphatic carbocycles. The Morgan fingerprint density at radius 3 is 2.67 bits per heavy atom. The first-order valence-electron chi connectivity index (χ1n) is 7.02. The normalized spacial score (nSPS) is 14.2. The molecule has 1 heterocycles. The molecule has 110 valence electrons. The maximum absolute atomic E-state index is 11.4. The Balaban J connectivity index is 1.99. The third-order valence-electron chi connectivity index (χ3n) is 3.80. The minimum absolute atomic E-state index is 0.341. The minimum Gasteiger partial charge on any atom is -0.477 e. The fourth-order valence-electron chi connectivity index (χ4n) is 2.54. The summed E-state index contributed by atoms with van der Waals surface area (Å²) in [5, 5.41) is 10.1. The van der Waals surface area contributed by atoms with Crippen LogP contribution in [0.1, 0.15) is 45.3 Å². The van der Waals surface area contributed by atoms with Crippen LogP contribution in [0, 0.1) is 13.8 Å². The number of hydrogen-bond donors (Lipinski definition) is 1. The van der Waals surface area contributed by atoms with Gasteiger partial charge < -0.3 is 10.0 Å². The lowest BCUT2D eigenvalue weighted by Gasteiger charge is -2.18. The molecule has 1 aliphatic rings. The molecule has 1 aromatic heterocycles. The van der Waals surface area contributed by atoms with Gasteiger partial charge in [0.25, 0.3) is 0 Å². The number of rotatable bonds is 4. The van der Waals surface area contributed by atoms with Crippen molar-refractivity contribution in [3.05, 3.63) is 39.9 Å². The van der Waals surface area contributed by atoms with E-state index in [0.717, 1.165) is 34.9 Å². The lowest BCUT2D eigenvalue weighted by molar-refractivity contribution is 0.0700. The van der Waals surface area contributed by atoms with E-state index in [0.29, 0.717) is 10.8 Å². The molecule has 0 amide bonds. The van der Waals surface area contributed by atoms with Gasteiger partial charge in [0.2, 0.25) is 0 Å². The van der Waals surface area contributed by atoms with E-state index in [1.54, 1.807) is 0 Å². The van der Waals surface area contributed by atoms with Gasteiger partial charge >= 0.3 is 5.97 Å². The second kappa shape index (κ2) is 5.15. The Labute approximate surface area is 128 Å². The van der Waals surface area contributed by atoms with Gasteiger partial charge in [-0.3, -0.25) is 0 Å². The zero-order chi connectivity index (χ0) is 15.1. The van der Waals surface area contributed by atoms with Crippen molar-refractivity contribution < 1.29 is 9.90 Å². The molecule has 0 saturated heterocycles. The highest BCUT2D eigenvalue weighted by Crippen LogP contribution is 2.44. The number of aryl methyl sites for hydroxylation is 2. The molecule has 3 rings (SSSR count). The van der Waals surface area contributed by atoms with Crippen LogP contribution in [0.2, 0.25) is 0 Å². The first-order valence-corrected chi connectivity index (χ1v) is 7.84. The highest BCUT2D eigenvalue weighted by atomic mass is 32.1. The smallest absolute Gasteiger partial charge is 0.347 e. The summed E-state index contributed by atoms with van der Waals surface area (Å²) in [6, 6.07) is 6.25. The van der Waals surface area contributed by atoms with Crippen LogP contribution in [0.15, 0.2) is 18.2 Å². The third kappa shape index (κ3) is 2.65. The van der Waals surface area contributed by atoms with Gasteiger partial charge in [-0.2, -0.15) is 0 Å². The maximum Gasteiger partial charge on any atom is 0.347 e. The Kier molecular flexibility index (Phi) is 3.45. The largest absolute Gasteiger partial charge is 0.477 e. The van der Waals surface area contributed by atoms with Gasteiger partial charge in [0, 0.05) is 18.7 Å².